The molecule has 0 aromatic rings. The summed E-state index contributed by atoms with van der Waals surface area (Å²) >= 11 is 0. The van der Waals surface area contributed by atoms with Crippen molar-refractivity contribution in [1.82, 2.24) is 4.90 Å². The van der Waals surface area contributed by atoms with Crippen molar-refractivity contribution in [2.75, 3.05) is 19.6 Å². The molecule has 1 saturated heterocycles. The molecule has 0 bridgehead atoms. The first kappa shape index (κ1) is 14.3. The minimum absolute atomic E-state index is 0.450. The Morgan fingerprint density at radius 3 is 2.28 bits per heavy atom. The first-order chi connectivity index (χ1) is 8.47. The lowest BCUT2D eigenvalue weighted by Gasteiger charge is -2.38. The van der Waals surface area contributed by atoms with E-state index in [1.807, 2.05) is 0 Å². The Morgan fingerprint density at radius 1 is 1.11 bits per heavy atom. The van der Waals surface area contributed by atoms with Gasteiger partial charge in [-0.15, -0.1) is 0 Å². The summed E-state index contributed by atoms with van der Waals surface area (Å²) in [5.41, 5.74) is 6.36. The first-order valence-electron chi connectivity index (χ1n) is 7.95. The van der Waals surface area contributed by atoms with Crippen LogP contribution < -0.4 is 5.73 Å². The Bertz CT molecular complexity index is 254. The van der Waals surface area contributed by atoms with Crippen molar-refractivity contribution in [3.05, 3.63) is 0 Å². The predicted molar refractivity (Wildman–Crippen MR) is 78.4 cm³/mol. The van der Waals surface area contributed by atoms with Gasteiger partial charge in [-0.2, -0.15) is 0 Å². The van der Waals surface area contributed by atoms with Crippen molar-refractivity contribution in [3.8, 4) is 0 Å². The highest BCUT2D eigenvalue weighted by molar-refractivity contribution is 4.88. The molecule has 0 spiro atoms. The van der Waals surface area contributed by atoms with E-state index in [-0.39, 0.29) is 0 Å². The van der Waals surface area contributed by atoms with E-state index in [1.54, 1.807) is 0 Å². The Kier molecular flexibility index (Phi) is 4.71. The van der Waals surface area contributed by atoms with Gasteiger partial charge in [0.25, 0.3) is 0 Å². The van der Waals surface area contributed by atoms with Gasteiger partial charge in [0.2, 0.25) is 0 Å². The van der Waals surface area contributed by atoms with Crippen LogP contribution in [0.4, 0.5) is 0 Å². The third kappa shape index (κ3) is 3.27. The van der Waals surface area contributed by atoms with E-state index >= 15 is 0 Å². The molecular formula is C16H32N2. The lowest BCUT2D eigenvalue weighted by atomic mass is 9.74. The van der Waals surface area contributed by atoms with Gasteiger partial charge in [-0.3, -0.25) is 0 Å². The number of hydrogen-bond acceptors (Lipinski definition) is 2. The second kappa shape index (κ2) is 5.92. The Hall–Kier alpha value is -0.0800. The van der Waals surface area contributed by atoms with Crippen LogP contribution in [0.2, 0.25) is 0 Å². The largest absolute Gasteiger partial charge is 0.327 e. The average Bonchev–Trinajstić information content (AvgIpc) is 2.61. The first-order valence-corrected chi connectivity index (χ1v) is 7.95. The molecule has 2 rings (SSSR count). The molecule has 1 aliphatic carbocycles. The summed E-state index contributed by atoms with van der Waals surface area (Å²) in [5, 5.41) is 0. The van der Waals surface area contributed by atoms with Crippen LogP contribution in [-0.4, -0.2) is 30.6 Å². The van der Waals surface area contributed by atoms with Crippen molar-refractivity contribution >= 4 is 0 Å². The normalized spacial score (nSPS) is 42.7. The van der Waals surface area contributed by atoms with Crippen molar-refractivity contribution < 1.29 is 0 Å². The molecule has 18 heavy (non-hydrogen) atoms. The van der Waals surface area contributed by atoms with Crippen LogP contribution in [0.3, 0.4) is 0 Å². The van der Waals surface area contributed by atoms with Gasteiger partial charge in [-0.05, 0) is 48.9 Å². The smallest absolute Gasteiger partial charge is 0.00795 e. The summed E-state index contributed by atoms with van der Waals surface area (Å²) < 4.78 is 0. The van der Waals surface area contributed by atoms with Crippen LogP contribution >= 0.6 is 0 Å². The highest BCUT2D eigenvalue weighted by Crippen LogP contribution is 2.34. The summed E-state index contributed by atoms with van der Waals surface area (Å²) in [5.74, 6) is 4.21. The maximum absolute atomic E-state index is 6.36. The Balaban J connectivity index is 1.87. The summed E-state index contributed by atoms with van der Waals surface area (Å²) in [4.78, 5) is 2.67. The fraction of sp³-hybridized carbons (Fsp3) is 1.00. The zero-order chi connectivity index (χ0) is 13.3. The highest BCUT2D eigenvalue weighted by Gasteiger charge is 2.33. The molecule has 2 N–H and O–H groups in total. The maximum atomic E-state index is 6.36. The average molecular weight is 252 g/mol. The number of rotatable bonds is 3. The standard InChI is InChI=1S/C16H32N2/c1-11(2)14-5-6-16(17)15(7-14)10-18-8-12(3)13(4)9-18/h11-16H,5-10,17H2,1-4H3. The van der Waals surface area contributed by atoms with E-state index in [9.17, 15) is 0 Å². The monoisotopic (exact) mass is 252 g/mol. The molecule has 2 heteroatoms. The lowest BCUT2D eigenvalue weighted by molar-refractivity contribution is 0.147. The van der Waals surface area contributed by atoms with Gasteiger partial charge in [0, 0.05) is 25.7 Å². The zero-order valence-corrected chi connectivity index (χ0v) is 12.7. The zero-order valence-electron chi connectivity index (χ0n) is 12.7. The van der Waals surface area contributed by atoms with E-state index in [0.29, 0.717) is 6.04 Å². The molecular weight excluding hydrogens is 220 g/mol. The number of nitrogens with two attached hydrogens (primary N) is 1. The van der Waals surface area contributed by atoms with Gasteiger partial charge in [0.15, 0.2) is 0 Å². The maximum Gasteiger partial charge on any atom is 0.00795 e. The van der Waals surface area contributed by atoms with Crippen LogP contribution in [0.25, 0.3) is 0 Å². The fourth-order valence-electron chi connectivity index (χ4n) is 3.87. The molecule has 106 valence electrons. The molecule has 0 amide bonds. The third-order valence-electron chi connectivity index (χ3n) is 5.58. The molecule has 5 unspecified atom stereocenters. The van der Waals surface area contributed by atoms with Crippen molar-refractivity contribution in [2.45, 2.75) is 53.0 Å². The molecule has 2 aliphatic rings. The third-order valence-corrected chi connectivity index (χ3v) is 5.58. The van der Waals surface area contributed by atoms with Gasteiger partial charge in [0.05, 0.1) is 0 Å². The summed E-state index contributed by atoms with van der Waals surface area (Å²) in [6, 6.07) is 0.450. The Morgan fingerprint density at radius 2 is 1.72 bits per heavy atom. The van der Waals surface area contributed by atoms with Crippen LogP contribution in [0, 0.1) is 29.6 Å². The van der Waals surface area contributed by atoms with Crippen molar-refractivity contribution in [1.29, 1.82) is 0 Å². The summed E-state index contributed by atoms with van der Waals surface area (Å²) in [6.07, 6.45) is 3.95. The SMILES string of the molecule is CC(C)C1CCC(N)C(CN2CC(C)C(C)C2)C1. The topological polar surface area (TPSA) is 29.3 Å². The van der Waals surface area contributed by atoms with Gasteiger partial charge in [0.1, 0.15) is 0 Å². The van der Waals surface area contributed by atoms with Gasteiger partial charge >= 0.3 is 0 Å². The van der Waals surface area contributed by atoms with Crippen LogP contribution in [-0.2, 0) is 0 Å². The van der Waals surface area contributed by atoms with Crippen LogP contribution in [0.15, 0.2) is 0 Å². The van der Waals surface area contributed by atoms with E-state index in [4.69, 9.17) is 5.73 Å². The van der Waals surface area contributed by atoms with E-state index in [2.05, 4.69) is 32.6 Å². The number of hydrogen-bond donors (Lipinski definition) is 1. The van der Waals surface area contributed by atoms with Crippen molar-refractivity contribution in [3.63, 3.8) is 0 Å². The van der Waals surface area contributed by atoms with E-state index < -0.39 is 0 Å². The van der Waals surface area contributed by atoms with Crippen LogP contribution in [0.5, 0.6) is 0 Å². The Labute approximate surface area is 113 Å². The molecule has 1 aliphatic heterocycles. The lowest BCUT2D eigenvalue weighted by Crippen LogP contribution is -2.43. The van der Waals surface area contributed by atoms with Crippen LogP contribution in [0.1, 0.15) is 47.0 Å². The van der Waals surface area contributed by atoms with Gasteiger partial charge < -0.3 is 10.6 Å². The quantitative estimate of drug-likeness (QED) is 0.837. The molecule has 0 radical (unpaired) electrons. The minimum atomic E-state index is 0.450. The molecule has 0 aromatic carbocycles. The predicted octanol–water partition coefficient (Wildman–Crippen LogP) is 2.97. The van der Waals surface area contributed by atoms with E-state index in [1.165, 1.54) is 38.9 Å². The number of likely N-dealkylation sites (tertiary alicyclic amines) is 1. The summed E-state index contributed by atoms with van der Waals surface area (Å²) in [6.45, 7) is 13.4. The molecule has 1 saturated carbocycles. The van der Waals surface area contributed by atoms with Gasteiger partial charge in [-0.25, -0.2) is 0 Å². The second-order valence-electron chi connectivity index (χ2n) is 7.41. The van der Waals surface area contributed by atoms with Crippen molar-refractivity contribution in [2.24, 2.45) is 35.3 Å². The molecule has 5 atom stereocenters. The fourth-order valence-corrected chi connectivity index (χ4v) is 3.87. The van der Waals surface area contributed by atoms with Gasteiger partial charge in [-0.1, -0.05) is 27.7 Å². The molecule has 0 aromatic heterocycles. The second-order valence-corrected chi connectivity index (χ2v) is 7.41. The minimum Gasteiger partial charge on any atom is -0.327 e. The highest BCUT2D eigenvalue weighted by atomic mass is 15.2. The number of nitrogens with zero attached hydrogens (tertiary/aromatic N) is 1. The molecule has 2 nitrogen and oxygen atoms in total. The molecule has 2 fully saturated rings. The molecule has 1 heterocycles. The van der Waals surface area contributed by atoms with E-state index in [0.717, 1.165) is 29.6 Å². The summed E-state index contributed by atoms with van der Waals surface area (Å²) in [7, 11) is 0.